The van der Waals surface area contributed by atoms with Crippen LogP contribution in [0.15, 0.2) is 71.6 Å². The number of fused-ring (bicyclic) bond motifs is 7. The van der Waals surface area contributed by atoms with Gasteiger partial charge >= 0.3 is 0 Å². The fourth-order valence-corrected chi connectivity index (χ4v) is 6.36. The van der Waals surface area contributed by atoms with Gasteiger partial charge in [0.25, 0.3) is 10.1 Å². The molecule has 0 fully saturated rings. The molecular weight excluding hydrogens is 472 g/mol. The van der Waals surface area contributed by atoms with Crippen molar-refractivity contribution in [3.63, 3.8) is 0 Å². The molecule has 0 saturated carbocycles. The van der Waals surface area contributed by atoms with E-state index >= 15 is 0 Å². The summed E-state index contributed by atoms with van der Waals surface area (Å²) in [6, 6.07) is 19.3. The molecule has 5 aromatic rings. The molecular formula is C30H18O5S. The van der Waals surface area contributed by atoms with Crippen LogP contribution >= 0.6 is 0 Å². The third-order valence-electron chi connectivity index (χ3n) is 7.40. The van der Waals surface area contributed by atoms with Gasteiger partial charge in [-0.05, 0) is 83.3 Å². The number of hydrogen-bond donors (Lipinski definition) is 1. The second-order valence-electron chi connectivity index (χ2n) is 9.60. The molecule has 0 aromatic heterocycles. The second-order valence-corrected chi connectivity index (χ2v) is 11.0. The summed E-state index contributed by atoms with van der Waals surface area (Å²) in [6.45, 7) is 3.84. The van der Waals surface area contributed by atoms with Gasteiger partial charge < -0.3 is 0 Å². The Morgan fingerprint density at radius 1 is 0.556 bits per heavy atom. The summed E-state index contributed by atoms with van der Waals surface area (Å²) in [5, 5.41) is 2.70. The molecule has 0 radical (unpaired) electrons. The highest BCUT2D eigenvalue weighted by atomic mass is 32.2. The van der Waals surface area contributed by atoms with Gasteiger partial charge in [-0.3, -0.25) is 14.1 Å². The van der Waals surface area contributed by atoms with Crippen LogP contribution in [0, 0.1) is 13.8 Å². The van der Waals surface area contributed by atoms with Gasteiger partial charge in [0.15, 0.2) is 11.6 Å². The van der Waals surface area contributed by atoms with Crippen LogP contribution in [0.5, 0.6) is 0 Å². The van der Waals surface area contributed by atoms with Crippen molar-refractivity contribution >= 4 is 43.2 Å². The average Bonchev–Trinajstić information content (AvgIpc) is 2.84. The average molecular weight is 491 g/mol. The SMILES string of the molecule is Cc1ccc2c(c1)C(=O)c1ccc3c4c(c5cc(S(=O)(=O)O)ccc5c-2c14)-c1ccc(C)cc1C3=O. The zero-order chi connectivity index (χ0) is 25.1. The maximum atomic E-state index is 13.7. The van der Waals surface area contributed by atoms with E-state index in [0.717, 1.165) is 27.6 Å². The first kappa shape index (κ1) is 21.2. The first-order chi connectivity index (χ1) is 17.1. The molecule has 7 rings (SSSR count). The van der Waals surface area contributed by atoms with E-state index in [-0.39, 0.29) is 16.5 Å². The standard InChI is InChI=1S/C30H18O5S/c1-14-3-6-18-23(11-14)29(31)20-9-10-21-28-26(19-7-4-15(2)12-24(19)30(21)32)22-13-16(36(33,34)35)5-8-17(22)25(18)27(20)28/h3-13H,1-2H3,(H,33,34,35). The highest BCUT2D eigenvalue weighted by Gasteiger charge is 2.35. The lowest BCUT2D eigenvalue weighted by Gasteiger charge is -2.29. The van der Waals surface area contributed by atoms with Crippen LogP contribution < -0.4 is 0 Å². The second kappa shape index (κ2) is 6.75. The lowest BCUT2D eigenvalue weighted by molar-refractivity contribution is 0.102. The van der Waals surface area contributed by atoms with Crippen molar-refractivity contribution in [1.82, 2.24) is 0 Å². The monoisotopic (exact) mass is 490 g/mol. The van der Waals surface area contributed by atoms with Crippen molar-refractivity contribution in [3.8, 4) is 22.3 Å². The Morgan fingerprint density at radius 3 is 1.53 bits per heavy atom. The molecule has 174 valence electrons. The van der Waals surface area contributed by atoms with Gasteiger partial charge in [-0.15, -0.1) is 0 Å². The molecule has 1 N–H and O–H groups in total. The molecule has 2 aliphatic rings. The zero-order valence-corrected chi connectivity index (χ0v) is 20.2. The summed E-state index contributed by atoms with van der Waals surface area (Å²) < 4.78 is 34.1. The minimum Gasteiger partial charge on any atom is -0.289 e. The topological polar surface area (TPSA) is 88.5 Å². The Kier molecular flexibility index (Phi) is 3.97. The van der Waals surface area contributed by atoms with E-state index in [0.29, 0.717) is 49.5 Å². The van der Waals surface area contributed by atoms with Gasteiger partial charge in [0.05, 0.1) is 4.90 Å². The van der Waals surface area contributed by atoms with Crippen molar-refractivity contribution in [2.45, 2.75) is 18.7 Å². The summed E-state index contributed by atoms with van der Waals surface area (Å²) in [4.78, 5) is 27.1. The highest BCUT2D eigenvalue weighted by Crippen LogP contribution is 2.52. The van der Waals surface area contributed by atoms with Gasteiger partial charge in [-0.2, -0.15) is 8.42 Å². The molecule has 0 amide bonds. The van der Waals surface area contributed by atoms with E-state index in [1.807, 2.05) is 50.2 Å². The zero-order valence-electron chi connectivity index (χ0n) is 19.3. The van der Waals surface area contributed by atoms with Crippen LogP contribution in [0.4, 0.5) is 0 Å². The minimum atomic E-state index is -4.47. The Morgan fingerprint density at radius 2 is 1.03 bits per heavy atom. The van der Waals surface area contributed by atoms with Crippen LogP contribution in [-0.4, -0.2) is 24.5 Å². The summed E-state index contributed by atoms with van der Waals surface area (Å²) >= 11 is 0. The number of aryl methyl sites for hydroxylation is 2. The van der Waals surface area contributed by atoms with Crippen LogP contribution in [0.2, 0.25) is 0 Å². The number of ketones is 2. The van der Waals surface area contributed by atoms with E-state index in [1.54, 1.807) is 18.2 Å². The first-order valence-corrected chi connectivity index (χ1v) is 12.9. The minimum absolute atomic E-state index is 0.102. The van der Waals surface area contributed by atoms with Gasteiger partial charge in [-0.25, -0.2) is 0 Å². The lowest BCUT2D eigenvalue weighted by atomic mass is 9.73. The summed E-state index contributed by atoms with van der Waals surface area (Å²) in [6.07, 6.45) is 0. The molecule has 36 heavy (non-hydrogen) atoms. The molecule has 0 atom stereocenters. The maximum absolute atomic E-state index is 13.7. The summed E-state index contributed by atoms with van der Waals surface area (Å²) in [7, 11) is -4.47. The maximum Gasteiger partial charge on any atom is 0.294 e. The van der Waals surface area contributed by atoms with Crippen LogP contribution in [0.25, 0.3) is 43.8 Å². The third kappa shape index (κ3) is 2.60. The van der Waals surface area contributed by atoms with Gasteiger partial charge in [0.2, 0.25) is 0 Å². The lowest BCUT2D eigenvalue weighted by Crippen LogP contribution is -2.16. The Bertz CT molecular complexity index is 2020. The normalized spacial score (nSPS) is 13.8. The fourth-order valence-electron chi connectivity index (χ4n) is 5.86. The van der Waals surface area contributed by atoms with E-state index in [2.05, 4.69) is 0 Å². The number of carbonyl (C=O) groups is 2. The first-order valence-electron chi connectivity index (χ1n) is 11.5. The number of benzene rings is 5. The Hall–Kier alpha value is -4.13. The van der Waals surface area contributed by atoms with Gasteiger partial charge in [0, 0.05) is 33.0 Å². The smallest absolute Gasteiger partial charge is 0.289 e. The Labute approximate surface area is 206 Å². The van der Waals surface area contributed by atoms with Crippen molar-refractivity contribution < 1.29 is 22.6 Å². The molecule has 5 nitrogen and oxygen atoms in total. The summed E-state index contributed by atoms with van der Waals surface area (Å²) in [5.74, 6) is -0.235. The van der Waals surface area contributed by atoms with E-state index in [9.17, 15) is 22.6 Å². The van der Waals surface area contributed by atoms with Gasteiger partial charge in [0.1, 0.15) is 0 Å². The quantitative estimate of drug-likeness (QED) is 0.216. The molecule has 0 unspecified atom stereocenters. The van der Waals surface area contributed by atoms with E-state index < -0.39 is 10.1 Å². The predicted octanol–water partition coefficient (Wildman–Crippen LogP) is 6.28. The van der Waals surface area contributed by atoms with Crippen LogP contribution in [-0.2, 0) is 10.1 Å². The molecule has 0 bridgehead atoms. The molecule has 6 heteroatoms. The van der Waals surface area contributed by atoms with Crippen molar-refractivity contribution in [2.75, 3.05) is 0 Å². The molecule has 0 aliphatic heterocycles. The molecule has 5 aromatic carbocycles. The molecule has 0 saturated heterocycles. The number of carbonyl (C=O) groups excluding carboxylic acids is 2. The van der Waals surface area contributed by atoms with Crippen molar-refractivity contribution in [2.24, 2.45) is 0 Å². The molecule has 2 aliphatic carbocycles. The molecule has 0 heterocycles. The number of hydrogen-bond acceptors (Lipinski definition) is 4. The largest absolute Gasteiger partial charge is 0.294 e. The van der Waals surface area contributed by atoms with E-state index in [1.165, 1.54) is 12.1 Å². The predicted molar refractivity (Wildman–Crippen MR) is 138 cm³/mol. The Balaban J connectivity index is 1.81. The number of rotatable bonds is 1. The van der Waals surface area contributed by atoms with Crippen LogP contribution in [0.3, 0.4) is 0 Å². The van der Waals surface area contributed by atoms with E-state index in [4.69, 9.17) is 0 Å². The molecule has 0 spiro atoms. The summed E-state index contributed by atoms with van der Waals surface area (Å²) in [5.41, 5.74) is 6.90. The fraction of sp³-hybridized carbons (Fsp3) is 0.0667. The van der Waals surface area contributed by atoms with Crippen molar-refractivity contribution in [1.29, 1.82) is 0 Å². The van der Waals surface area contributed by atoms with Gasteiger partial charge in [-0.1, -0.05) is 41.5 Å². The third-order valence-corrected chi connectivity index (χ3v) is 8.25. The highest BCUT2D eigenvalue weighted by molar-refractivity contribution is 7.85. The van der Waals surface area contributed by atoms with Crippen molar-refractivity contribution in [3.05, 3.63) is 100 Å². The van der Waals surface area contributed by atoms with Crippen LogP contribution in [0.1, 0.15) is 43.0 Å².